The van der Waals surface area contributed by atoms with Gasteiger partial charge < -0.3 is 4.74 Å². The Kier molecular flexibility index (Phi) is 3.90. The second-order valence-corrected chi connectivity index (χ2v) is 4.37. The zero-order chi connectivity index (χ0) is 13.8. The van der Waals surface area contributed by atoms with Crippen molar-refractivity contribution in [3.05, 3.63) is 53.1 Å². The van der Waals surface area contributed by atoms with E-state index in [2.05, 4.69) is 9.97 Å². The second kappa shape index (κ2) is 5.61. The average molecular weight is 256 g/mol. The van der Waals surface area contributed by atoms with Crippen molar-refractivity contribution in [2.24, 2.45) is 0 Å². The number of nitrogens with zero attached hydrogens (tertiary/aromatic N) is 2. The molecular weight excluding hydrogens is 240 g/mol. The first-order valence-corrected chi connectivity index (χ1v) is 6.06. The van der Waals surface area contributed by atoms with Crippen molar-refractivity contribution >= 4 is 5.78 Å². The minimum atomic E-state index is -0.00886. The molecule has 0 fully saturated rings. The molecule has 1 aromatic heterocycles. The minimum Gasteiger partial charge on any atom is -0.497 e. The minimum absolute atomic E-state index is 0.00886. The maximum absolute atomic E-state index is 11.3. The van der Waals surface area contributed by atoms with Gasteiger partial charge in [0.1, 0.15) is 11.6 Å². The van der Waals surface area contributed by atoms with Crippen LogP contribution in [0.15, 0.2) is 30.5 Å². The third kappa shape index (κ3) is 3.16. The number of hydrogen-bond donors (Lipinski definition) is 0. The van der Waals surface area contributed by atoms with Crippen LogP contribution in [-0.4, -0.2) is 22.9 Å². The molecule has 0 aliphatic carbocycles. The third-order valence-electron chi connectivity index (χ3n) is 2.90. The molecule has 4 heteroatoms. The molecule has 0 saturated heterocycles. The molecule has 2 rings (SSSR count). The molecular formula is C15H16N2O2. The highest BCUT2D eigenvalue weighted by atomic mass is 16.5. The number of Topliss-reactive ketones (excluding diaryl/α,β-unsaturated/α-hetero) is 1. The lowest BCUT2D eigenvalue weighted by molar-refractivity contribution is 0.101. The van der Waals surface area contributed by atoms with E-state index in [-0.39, 0.29) is 5.78 Å². The maximum Gasteiger partial charge on any atom is 0.163 e. The fourth-order valence-electron chi connectivity index (χ4n) is 1.91. The number of methoxy groups -OCH3 is 1. The van der Waals surface area contributed by atoms with Crippen molar-refractivity contribution in [3.8, 4) is 5.75 Å². The molecule has 98 valence electrons. The highest BCUT2D eigenvalue weighted by Gasteiger charge is 2.08. The van der Waals surface area contributed by atoms with E-state index in [0.29, 0.717) is 17.8 Å². The van der Waals surface area contributed by atoms with E-state index >= 15 is 0 Å². The van der Waals surface area contributed by atoms with Crippen LogP contribution in [0.1, 0.15) is 34.4 Å². The summed E-state index contributed by atoms with van der Waals surface area (Å²) in [6, 6.07) is 7.79. The van der Waals surface area contributed by atoms with Gasteiger partial charge >= 0.3 is 0 Å². The van der Waals surface area contributed by atoms with E-state index < -0.39 is 0 Å². The van der Waals surface area contributed by atoms with Gasteiger partial charge in [-0.25, -0.2) is 9.97 Å². The molecule has 1 heterocycles. The molecule has 0 spiro atoms. The Labute approximate surface area is 112 Å². The predicted molar refractivity (Wildman–Crippen MR) is 72.6 cm³/mol. The summed E-state index contributed by atoms with van der Waals surface area (Å²) in [4.78, 5) is 19.9. The van der Waals surface area contributed by atoms with Crippen molar-refractivity contribution in [1.82, 2.24) is 9.97 Å². The lowest BCUT2D eigenvalue weighted by Gasteiger charge is -2.06. The number of ketones is 1. The van der Waals surface area contributed by atoms with Gasteiger partial charge in [0.25, 0.3) is 0 Å². The average Bonchev–Trinajstić information content (AvgIpc) is 2.38. The van der Waals surface area contributed by atoms with Gasteiger partial charge in [0.15, 0.2) is 5.78 Å². The van der Waals surface area contributed by atoms with Crippen LogP contribution < -0.4 is 4.74 Å². The molecule has 0 radical (unpaired) electrons. The van der Waals surface area contributed by atoms with Crippen LogP contribution in [0.25, 0.3) is 0 Å². The number of aromatic nitrogens is 2. The van der Waals surface area contributed by atoms with Crippen molar-refractivity contribution in [3.63, 3.8) is 0 Å². The quantitative estimate of drug-likeness (QED) is 0.789. The molecule has 0 bridgehead atoms. The van der Waals surface area contributed by atoms with E-state index in [0.717, 1.165) is 17.0 Å². The molecule has 0 N–H and O–H groups in total. The molecule has 0 saturated carbocycles. The van der Waals surface area contributed by atoms with E-state index in [1.807, 2.05) is 31.2 Å². The van der Waals surface area contributed by atoms with E-state index in [1.165, 1.54) is 6.92 Å². The molecule has 4 nitrogen and oxygen atoms in total. The van der Waals surface area contributed by atoms with Gasteiger partial charge in [-0.2, -0.15) is 0 Å². The summed E-state index contributed by atoms with van der Waals surface area (Å²) in [5.74, 6) is 1.51. The summed E-state index contributed by atoms with van der Waals surface area (Å²) in [6.07, 6.45) is 2.22. The SMILES string of the molecule is COc1cccc(Cc2ncc(C(C)=O)c(C)n2)c1. The lowest BCUT2D eigenvalue weighted by Crippen LogP contribution is -2.05. The standard InChI is InChI=1S/C15H16N2O2/c1-10-14(11(2)18)9-16-15(17-10)8-12-5-4-6-13(7-12)19-3/h4-7,9H,8H2,1-3H3. The normalized spacial score (nSPS) is 10.3. The molecule has 1 aromatic carbocycles. The zero-order valence-electron chi connectivity index (χ0n) is 11.3. The summed E-state index contributed by atoms with van der Waals surface area (Å²) in [5.41, 5.74) is 2.38. The molecule has 0 aliphatic heterocycles. The molecule has 0 aliphatic rings. The van der Waals surface area contributed by atoms with Crippen molar-refractivity contribution in [2.45, 2.75) is 20.3 Å². The number of aryl methyl sites for hydroxylation is 1. The topological polar surface area (TPSA) is 52.1 Å². The van der Waals surface area contributed by atoms with Crippen LogP contribution in [0.5, 0.6) is 5.75 Å². The highest BCUT2D eigenvalue weighted by molar-refractivity contribution is 5.94. The van der Waals surface area contributed by atoms with Crippen molar-refractivity contribution < 1.29 is 9.53 Å². The van der Waals surface area contributed by atoms with Gasteiger partial charge in [-0.3, -0.25) is 4.79 Å². The van der Waals surface area contributed by atoms with Crippen LogP contribution in [-0.2, 0) is 6.42 Å². The van der Waals surface area contributed by atoms with Crippen molar-refractivity contribution in [2.75, 3.05) is 7.11 Å². The molecule has 2 aromatic rings. The lowest BCUT2D eigenvalue weighted by atomic mass is 10.1. The number of carbonyl (C=O) groups is 1. The largest absolute Gasteiger partial charge is 0.497 e. The first kappa shape index (κ1) is 13.2. The summed E-state index contributed by atoms with van der Waals surface area (Å²) in [6.45, 7) is 3.35. The van der Waals surface area contributed by atoms with Crippen LogP contribution in [0, 0.1) is 6.92 Å². The molecule has 0 atom stereocenters. The van der Waals surface area contributed by atoms with Gasteiger partial charge in [-0.15, -0.1) is 0 Å². The van der Waals surface area contributed by atoms with E-state index in [4.69, 9.17) is 4.74 Å². The fourth-order valence-corrected chi connectivity index (χ4v) is 1.91. The zero-order valence-corrected chi connectivity index (χ0v) is 11.3. The van der Waals surface area contributed by atoms with Gasteiger partial charge in [0.05, 0.1) is 18.4 Å². The Morgan fingerprint density at radius 3 is 2.79 bits per heavy atom. The van der Waals surface area contributed by atoms with Gasteiger partial charge in [0.2, 0.25) is 0 Å². The van der Waals surface area contributed by atoms with Crippen molar-refractivity contribution in [1.29, 1.82) is 0 Å². The fraction of sp³-hybridized carbons (Fsp3) is 0.267. The van der Waals surface area contributed by atoms with E-state index in [1.54, 1.807) is 13.3 Å². The third-order valence-corrected chi connectivity index (χ3v) is 2.90. The Morgan fingerprint density at radius 2 is 2.16 bits per heavy atom. The second-order valence-electron chi connectivity index (χ2n) is 4.37. The Hall–Kier alpha value is -2.23. The summed E-state index contributed by atoms with van der Waals surface area (Å²) in [7, 11) is 1.64. The Bertz CT molecular complexity index is 609. The van der Waals surface area contributed by atoms with Crippen LogP contribution >= 0.6 is 0 Å². The van der Waals surface area contributed by atoms with Crippen LogP contribution in [0.4, 0.5) is 0 Å². The smallest absolute Gasteiger partial charge is 0.163 e. The summed E-state index contributed by atoms with van der Waals surface area (Å²) in [5, 5.41) is 0. The summed E-state index contributed by atoms with van der Waals surface area (Å²) < 4.78 is 5.18. The van der Waals surface area contributed by atoms with Gasteiger partial charge in [0, 0.05) is 12.6 Å². The number of rotatable bonds is 4. The van der Waals surface area contributed by atoms with E-state index in [9.17, 15) is 4.79 Å². The van der Waals surface area contributed by atoms with Gasteiger partial charge in [-0.05, 0) is 31.5 Å². The summed E-state index contributed by atoms with van der Waals surface area (Å²) >= 11 is 0. The maximum atomic E-state index is 11.3. The number of hydrogen-bond acceptors (Lipinski definition) is 4. The molecule has 0 unspecified atom stereocenters. The van der Waals surface area contributed by atoms with Gasteiger partial charge in [-0.1, -0.05) is 12.1 Å². The molecule has 0 amide bonds. The number of benzene rings is 1. The monoisotopic (exact) mass is 256 g/mol. The van der Waals surface area contributed by atoms with Crippen LogP contribution in [0.3, 0.4) is 0 Å². The predicted octanol–water partition coefficient (Wildman–Crippen LogP) is 2.59. The Balaban J connectivity index is 2.23. The molecule has 19 heavy (non-hydrogen) atoms. The Morgan fingerprint density at radius 1 is 1.37 bits per heavy atom. The first-order valence-electron chi connectivity index (χ1n) is 6.06. The number of ether oxygens (including phenoxy) is 1. The van der Waals surface area contributed by atoms with Crippen LogP contribution in [0.2, 0.25) is 0 Å². The number of carbonyl (C=O) groups excluding carboxylic acids is 1. The first-order chi connectivity index (χ1) is 9.10. The highest BCUT2D eigenvalue weighted by Crippen LogP contribution is 2.15.